The summed E-state index contributed by atoms with van der Waals surface area (Å²) in [5, 5.41) is 2.36. The van der Waals surface area contributed by atoms with Crippen LogP contribution in [0.4, 0.5) is 8.78 Å². The van der Waals surface area contributed by atoms with Crippen LogP contribution in [0.2, 0.25) is 0 Å². The molecule has 1 aliphatic rings. The molecule has 7 heteroatoms. The van der Waals surface area contributed by atoms with Crippen molar-refractivity contribution in [3.8, 4) is 0 Å². The quantitative estimate of drug-likeness (QED) is 0.872. The predicted molar refractivity (Wildman–Crippen MR) is 96.2 cm³/mol. The molecule has 0 aromatic heterocycles. The fraction of sp³-hybridized carbons (Fsp3) is 0.263. The molecule has 26 heavy (non-hydrogen) atoms. The van der Waals surface area contributed by atoms with E-state index < -0.39 is 11.4 Å². The number of nitrogens with zero attached hydrogens (tertiary/aromatic N) is 1. The zero-order valence-corrected chi connectivity index (χ0v) is 14.9. The van der Waals surface area contributed by atoms with Gasteiger partial charge in [0.1, 0.15) is 23.1 Å². The molecular weight excluding hydrogens is 358 g/mol. The summed E-state index contributed by atoms with van der Waals surface area (Å²) in [5.41, 5.74) is 1.41. The number of carbonyl (C=O) groups is 2. The topological polar surface area (TPSA) is 49.4 Å². The van der Waals surface area contributed by atoms with Gasteiger partial charge in [-0.15, -0.1) is 11.8 Å². The molecule has 0 unspecified atom stereocenters. The summed E-state index contributed by atoms with van der Waals surface area (Å²) >= 11 is 1.37. The lowest BCUT2D eigenvalue weighted by molar-refractivity contribution is -0.137. The van der Waals surface area contributed by atoms with Crippen molar-refractivity contribution in [1.29, 1.82) is 0 Å². The Labute approximate surface area is 154 Å². The van der Waals surface area contributed by atoms with E-state index in [2.05, 4.69) is 5.32 Å². The molecule has 0 spiro atoms. The van der Waals surface area contributed by atoms with E-state index in [-0.39, 0.29) is 35.7 Å². The van der Waals surface area contributed by atoms with Crippen molar-refractivity contribution < 1.29 is 18.4 Å². The van der Waals surface area contributed by atoms with Crippen molar-refractivity contribution >= 4 is 23.6 Å². The van der Waals surface area contributed by atoms with Gasteiger partial charge in [-0.25, -0.2) is 8.78 Å². The van der Waals surface area contributed by atoms with Crippen LogP contribution in [0.15, 0.2) is 48.5 Å². The second-order valence-corrected chi connectivity index (χ2v) is 7.11. The van der Waals surface area contributed by atoms with Crippen molar-refractivity contribution in [2.24, 2.45) is 0 Å². The van der Waals surface area contributed by atoms with E-state index in [4.69, 9.17) is 0 Å². The van der Waals surface area contributed by atoms with Crippen molar-refractivity contribution in [2.45, 2.75) is 24.9 Å². The van der Waals surface area contributed by atoms with Crippen LogP contribution in [0.3, 0.4) is 0 Å². The monoisotopic (exact) mass is 376 g/mol. The van der Waals surface area contributed by atoms with Gasteiger partial charge in [-0.2, -0.15) is 0 Å². The van der Waals surface area contributed by atoms with Crippen LogP contribution in [0.5, 0.6) is 0 Å². The molecule has 2 amide bonds. The summed E-state index contributed by atoms with van der Waals surface area (Å²) < 4.78 is 26.5. The van der Waals surface area contributed by atoms with Gasteiger partial charge in [-0.3, -0.25) is 9.59 Å². The molecule has 3 rings (SSSR count). The third-order valence-electron chi connectivity index (χ3n) is 4.22. The Balaban J connectivity index is 1.69. The van der Waals surface area contributed by atoms with Gasteiger partial charge in [0.2, 0.25) is 11.8 Å². The Bertz CT molecular complexity index is 813. The maximum absolute atomic E-state index is 13.5. The lowest BCUT2D eigenvalue weighted by Gasteiger charge is -2.29. The van der Waals surface area contributed by atoms with Crippen LogP contribution in [-0.2, 0) is 16.1 Å². The van der Waals surface area contributed by atoms with Crippen LogP contribution in [0.1, 0.15) is 23.4 Å². The predicted octanol–water partition coefficient (Wildman–Crippen LogP) is 3.24. The molecule has 2 atom stereocenters. The van der Waals surface area contributed by atoms with Gasteiger partial charge < -0.3 is 10.2 Å². The summed E-state index contributed by atoms with van der Waals surface area (Å²) in [6.07, 6.45) is 0. The molecule has 2 aromatic rings. The second kappa shape index (κ2) is 7.86. The first kappa shape index (κ1) is 18.4. The number of thioether (sulfide) groups is 1. The summed E-state index contributed by atoms with van der Waals surface area (Å²) in [5.74, 6) is -0.946. The van der Waals surface area contributed by atoms with Crippen molar-refractivity contribution in [1.82, 2.24) is 10.2 Å². The Morgan fingerprint density at radius 3 is 2.65 bits per heavy atom. The minimum absolute atomic E-state index is 0.159. The molecule has 0 saturated carbocycles. The number of nitrogens with one attached hydrogen (secondary N) is 1. The van der Waals surface area contributed by atoms with Gasteiger partial charge in [0.05, 0.1) is 5.75 Å². The largest absolute Gasteiger partial charge is 0.350 e. The zero-order valence-electron chi connectivity index (χ0n) is 14.1. The Morgan fingerprint density at radius 2 is 1.96 bits per heavy atom. The van der Waals surface area contributed by atoms with Crippen LogP contribution < -0.4 is 5.32 Å². The Hall–Kier alpha value is -2.41. The van der Waals surface area contributed by atoms with Gasteiger partial charge in [0.15, 0.2) is 0 Å². The molecule has 2 aromatic carbocycles. The number of hydrogen-bond donors (Lipinski definition) is 1. The third kappa shape index (κ3) is 4.04. The maximum atomic E-state index is 13.5. The van der Waals surface area contributed by atoms with Crippen LogP contribution >= 0.6 is 11.8 Å². The number of carbonyl (C=O) groups excluding carboxylic acids is 2. The first-order valence-corrected chi connectivity index (χ1v) is 9.21. The Morgan fingerprint density at radius 1 is 1.23 bits per heavy atom. The maximum Gasteiger partial charge on any atom is 0.242 e. The molecule has 1 N–H and O–H groups in total. The third-order valence-corrected chi connectivity index (χ3v) is 5.44. The van der Waals surface area contributed by atoms with Crippen LogP contribution in [0.25, 0.3) is 0 Å². The standard InChI is InChI=1S/C19H18F2N2O2S/c1-12(18(25)22-10-13-5-7-15(20)8-6-13)23-17(24)11-26-19(23)14-3-2-4-16(21)9-14/h2-9,12,19H,10-11H2,1H3,(H,22,25)/t12-,19-/m1/s1. The van der Waals surface area contributed by atoms with E-state index in [1.165, 1.54) is 40.9 Å². The number of rotatable bonds is 5. The van der Waals surface area contributed by atoms with Gasteiger partial charge in [-0.1, -0.05) is 24.3 Å². The molecule has 136 valence electrons. The Kier molecular flexibility index (Phi) is 5.56. The number of halogens is 2. The van der Waals surface area contributed by atoms with Gasteiger partial charge in [0, 0.05) is 6.54 Å². The summed E-state index contributed by atoms with van der Waals surface area (Å²) in [6.45, 7) is 1.89. The number of amides is 2. The molecule has 1 aliphatic heterocycles. The number of hydrogen-bond acceptors (Lipinski definition) is 3. The van der Waals surface area contributed by atoms with E-state index >= 15 is 0 Å². The molecular formula is C19H18F2N2O2S. The highest BCUT2D eigenvalue weighted by molar-refractivity contribution is 8.00. The van der Waals surface area contributed by atoms with Gasteiger partial charge >= 0.3 is 0 Å². The molecule has 0 aliphatic carbocycles. The fourth-order valence-corrected chi connectivity index (χ4v) is 4.09. The van der Waals surface area contributed by atoms with Crippen molar-refractivity contribution in [3.05, 3.63) is 71.3 Å². The summed E-state index contributed by atoms with van der Waals surface area (Å²) in [4.78, 5) is 26.3. The van der Waals surface area contributed by atoms with Crippen LogP contribution in [0, 0.1) is 11.6 Å². The average molecular weight is 376 g/mol. The number of benzene rings is 2. The summed E-state index contributed by atoms with van der Waals surface area (Å²) in [6, 6.07) is 11.2. The molecule has 1 heterocycles. The first-order chi connectivity index (χ1) is 12.5. The summed E-state index contributed by atoms with van der Waals surface area (Å²) in [7, 11) is 0. The molecule has 0 bridgehead atoms. The highest BCUT2D eigenvalue weighted by Crippen LogP contribution is 2.40. The average Bonchev–Trinajstić information content (AvgIpc) is 3.02. The minimum atomic E-state index is -0.703. The van der Waals surface area contributed by atoms with Crippen molar-refractivity contribution in [2.75, 3.05) is 5.75 Å². The van der Waals surface area contributed by atoms with E-state index in [9.17, 15) is 18.4 Å². The highest BCUT2D eigenvalue weighted by atomic mass is 32.2. The van der Waals surface area contributed by atoms with E-state index in [0.29, 0.717) is 5.56 Å². The van der Waals surface area contributed by atoms with E-state index in [1.54, 1.807) is 31.2 Å². The van der Waals surface area contributed by atoms with E-state index in [0.717, 1.165) is 5.56 Å². The second-order valence-electron chi connectivity index (χ2n) is 6.04. The van der Waals surface area contributed by atoms with Gasteiger partial charge in [-0.05, 0) is 42.3 Å². The lowest BCUT2D eigenvalue weighted by Crippen LogP contribution is -2.46. The highest BCUT2D eigenvalue weighted by Gasteiger charge is 2.38. The first-order valence-electron chi connectivity index (χ1n) is 8.16. The fourth-order valence-electron chi connectivity index (χ4n) is 2.84. The lowest BCUT2D eigenvalue weighted by atomic mass is 10.1. The van der Waals surface area contributed by atoms with Gasteiger partial charge in [0.25, 0.3) is 0 Å². The van der Waals surface area contributed by atoms with E-state index in [1.807, 2.05) is 0 Å². The van der Waals surface area contributed by atoms with Crippen molar-refractivity contribution in [3.63, 3.8) is 0 Å². The molecule has 1 saturated heterocycles. The normalized spacial score (nSPS) is 18.0. The molecule has 0 radical (unpaired) electrons. The zero-order chi connectivity index (χ0) is 18.7. The SMILES string of the molecule is C[C@H](C(=O)NCc1ccc(F)cc1)N1C(=O)CS[C@@H]1c1cccc(F)c1. The van der Waals surface area contributed by atoms with Crippen LogP contribution in [-0.4, -0.2) is 28.5 Å². The molecule has 1 fully saturated rings. The molecule has 4 nitrogen and oxygen atoms in total. The minimum Gasteiger partial charge on any atom is -0.350 e. The smallest absolute Gasteiger partial charge is 0.242 e.